The number of nitrogens with two attached hydrogens (primary N) is 1. The molecule has 4 heteroatoms. The van der Waals surface area contributed by atoms with Crippen LogP contribution < -0.4 is 5.73 Å². The van der Waals surface area contributed by atoms with Gasteiger partial charge in [-0.1, -0.05) is 24.3 Å². The van der Waals surface area contributed by atoms with E-state index in [4.69, 9.17) is 5.73 Å². The zero-order chi connectivity index (χ0) is 12.3. The first-order chi connectivity index (χ1) is 8.24. The van der Waals surface area contributed by atoms with Crippen LogP contribution in [0.15, 0.2) is 40.2 Å². The highest BCUT2D eigenvalue weighted by Crippen LogP contribution is 2.26. The molecule has 1 aromatic heterocycles. The number of halogens is 1. The number of thiophene rings is 1. The summed E-state index contributed by atoms with van der Waals surface area (Å²) in [6.07, 6.45) is 0.727. The highest BCUT2D eigenvalue weighted by atomic mass is 79.9. The third kappa shape index (κ3) is 2.65. The first-order valence-electron chi connectivity index (χ1n) is 5.29. The lowest BCUT2D eigenvalue weighted by Gasteiger charge is -2.06. The van der Waals surface area contributed by atoms with E-state index < -0.39 is 0 Å². The van der Waals surface area contributed by atoms with Crippen LogP contribution in [0, 0.1) is 0 Å². The maximum atomic E-state index is 12.4. The second kappa shape index (κ2) is 5.58. The van der Waals surface area contributed by atoms with Gasteiger partial charge in [-0.05, 0) is 45.9 Å². The van der Waals surface area contributed by atoms with E-state index in [-0.39, 0.29) is 5.78 Å². The molecular formula is C13H12BrNOS. The molecule has 2 rings (SSSR count). The molecule has 0 fully saturated rings. The molecule has 2 nitrogen and oxygen atoms in total. The number of carbonyl (C=O) groups excluding carboxylic acids is 1. The Hall–Kier alpha value is -0.970. The van der Waals surface area contributed by atoms with E-state index in [9.17, 15) is 4.79 Å². The average Bonchev–Trinajstić information content (AvgIpc) is 2.76. The molecule has 0 atom stereocenters. The van der Waals surface area contributed by atoms with Crippen LogP contribution in [0.1, 0.15) is 20.8 Å². The van der Waals surface area contributed by atoms with Gasteiger partial charge < -0.3 is 5.73 Å². The van der Waals surface area contributed by atoms with Gasteiger partial charge in [0.25, 0.3) is 0 Å². The summed E-state index contributed by atoms with van der Waals surface area (Å²) in [5.74, 6) is 0.0657. The van der Waals surface area contributed by atoms with Crippen molar-refractivity contribution in [1.82, 2.24) is 0 Å². The van der Waals surface area contributed by atoms with Gasteiger partial charge in [-0.25, -0.2) is 0 Å². The van der Waals surface area contributed by atoms with Crippen LogP contribution in [-0.2, 0) is 6.42 Å². The summed E-state index contributed by atoms with van der Waals surface area (Å²) in [4.78, 5) is 13.1. The maximum absolute atomic E-state index is 12.4. The Bertz CT molecular complexity index is 536. The molecule has 0 saturated carbocycles. The Kier molecular flexibility index (Phi) is 4.10. The minimum Gasteiger partial charge on any atom is -0.330 e. The predicted octanol–water partition coefficient (Wildman–Crippen LogP) is 3.24. The third-order valence-corrected chi connectivity index (χ3v) is 4.34. The van der Waals surface area contributed by atoms with Gasteiger partial charge in [0, 0.05) is 10.0 Å². The van der Waals surface area contributed by atoms with E-state index in [0.29, 0.717) is 6.54 Å². The summed E-state index contributed by atoms with van der Waals surface area (Å²) in [5, 5.41) is 1.91. The van der Waals surface area contributed by atoms with E-state index in [1.165, 1.54) is 11.3 Å². The Morgan fingerprint density at radius 3 is 2.71 bits per heavy atom. The van der Waals surface area contributed by atoms with Crippen LogP contribution in [0.2, 0.25) is 0 Å². The SMILES string of the molecule is NCCc1ccccc1C(=O)c1sccc1Br. The molecule has 0 spiro atoms. The number of ketones is 1. The summed E-state index contributed by atoms with van der Waals surface area (Å²) in [7, 11) is 0. The molecule has 2 aromatic rings. The Labute approximate surface area is 113 Å². The number of rotatable bonds is 4. The van der Waals surface area contributed by atoms with Gasteiger partial charge in [0.05, 0.1) is 4.88 Å². The first kappa shape index (κ1) is 12.5. The molecule has 1 heterocycles. The van der Waals surface area contributed by atoms with Crippen molar-refractivity contribution < 1.29 is 4.79 Å². The van der Waals surface area contributed by atoms with Gasteiger partial charge in [-0.2, -0.15) is 0 Å². The van der Waals surface area contributed by atoms with Gasteiger partial charge in [-0.3, -0.25) is 4.79 Å². The van der Waals surface area contributed by atoms with Crippen LogP contribution in [0.3, 0.4) is 0 Å². The number of benzene rings is 1. The molecule has 0 radical (unpaired) electrons. The smallest absolute Gasteiger partial charge is 0.204 e. The van der Waals surface area contributed by atoms with Gasteiger partial charge >= 0.3 is 0 Å². The summed E-state index contributed by atoms with van der Waals surface area (Å²) >= 11 is 4.84. The van der Waals surface area contributed by atoms with Crippen molar-refractivity contribution in [2.24, 2.45) is 5.73 Å². The van der Waals surface area contributed by atoms with Crippen molar-refractivity contribution in [3.8, 4) is 0 Å². The Morgan fingerprint density at radius 1 is 1.29 bits per heavy atom. The van der Waals surface area contributed by atoms with Crippen molar-refractivity contribution >= 4 is 33.0 Å². The molecule has 17 heavy (non-hydrogen) atoms. The van der Waals surface area contributed by atoms with E-state index in [2.05, 4.69) is 15.9 Å². The summed E-state index contributed by atoms with van der Waals surface area (Å²) < 4.78 is 0.857. The number of hydrogen-bond donors (Lipinski definition) is 1. The summed E-state index contributed by atoms with van der Waals surface area (Å²) in [6, 6.07) is 9.53. The topological polar surface area (TPSA) is 43.1 Å². The van der Waals surface area contributed by atoms with Crippen molar-refractivity contribution in [3.05, 3.63) is 56.2 Å². The predicted molar refractivity (Wildman–Crippen MR) is 74.7 cm³/mol. The van der Waals surface area contributed by atoms with Crippen LogP contribution in [0.5, 0.6) is 0 Å². The van der Waals surface area contributed by atoms with E-state index in [1.54, 1.807) is 0 Å². The van der Waals surface area contributed by atoms with Crippen molar-refractivity contribution in [3.63, 3.8) is 0 Å². The molecule has 2 N–H and O–H groups in total. The molecule has 0 aliphatic rings. The van der Waals surface area contributed by atoms with Crippen molar-refractivity contribution in [2.75, 3.05) is 6.54 Å². The Balaban J connectivity index is 2.40. The number of carbonyl (C=O) groups is 1. The van der Waals surface area contributed by atoms with E-state index in [1.807, 2.05) is 35.7 Å². The highest BCUT2D eigenvalue weighted by molar-refractivity contribution is 9.10. The summed E-state index contributed by atoms with van der Waals surface area (Å²) in [5.41, 5.74) is 7.33. The van der Waals surface area contributed by atoms with Gasteiger partial charge in [0.2, 0.25) is 5.78 Å². The second-order valence-corrected chi connectivity index (χ2v) is 5.39. The third-order valence-electron chi connectivity index (χ3n) is 2.50. The molecule has 88 valence electrons. The minimum atomic E-state index is 0.0657. The lowest BCUT2D eigenvalue weighted by molar-refractivity contribution is 0.104. The maximum Gasteiger partial charge on any atom is 0.204 e. The fourth-order valence-electron chi connectivity index (χ4n) is 1.69. The number of hydrogen-bond acceptors (Lipinski definition) is 3. The average molecular weight is 310 g/mol. The molecule has 0 amide bonds. The second-order valence-electron chi connectivity index (χ2n) is 3.62. The lowest BCUT2D eigenvalue weighted by atomic mass is 10.0. The fourth-order valence-corrected chi connectivity index (χ4v) is 3.20. The van der Waals surface area contributed by atoms with Crippen LogP contribution >= 0.6 is 27.3 Å². The largest absolute Gasteiger partial charge is 0.330 e. The standard InChI is InChI=1S/C13H12BrNOS/c14-11-6-8-17-13(11)12(16)10-4-2-1-3-9(10)5-7-15/h1-4,6,8H,5,7,15H2. The van der Waals surface area contributed by atoms with Crippen molar-refractivity contribution in [2.45, 2.75) is 6.42 Å². The van der Waals surface area contributed by atoms with Crippen LogP contribution in [0.25, 0.3) is 0 Å². The van der Waals surface area contributed by atoms with Crippen LogP contribution in [-0.4, -0.2) is 12.3 Å². The quantitative estimate of drug-likeness (QED) is 0.881. The van der Waals surface area contributed by atoms with Gasteiger partial charge in [-0.15, -0.1) is 11.3 Å². The molecule has 0 unspecified atom stereocenters. The van der Waals surface area contributed by atoms with Crippen molar-refractivity contribution in [1.29, 1.82) is 0 Å². The molecule has 1 aromatic carbocycles. The fraction of sp³-hybridized carbons (Fsp3) is 0.154. The first-order valence-corrected chi connectivity index (χ1v) is 6.97. The Morgan fingerprint density at radius 2 is 2.06 bits per heavy atom. The molecule has 0 bridgehead atoms. The van der Waals surface area contributed by atoms with Crippen LogP contribution in [0.4, 0.5) is 0 Å². The zero-order valence-electron chi connectivity index (χ0n) is 9.15. The summed E-state index contributed by atoms with van der Waals surface area (Å²) in [6.45, 7) is 0.551. The molecule has 0 aliphatic carbocycles. The zero-order valence-corrected chi connectivity index (χ0v) is 11.6. The lowest BCUT2D eigenvalue weighted by Crippen LogP contribution is -2.09. The van der Waals surface area contributed by atoms with E-state index >= 15 is 0 Å². The monoisotopic (exact) mass is 309 g/mol. The van der Waals surface area contributed by atoms with Gasteiger partial charge in [0.1, 0.15) is 0 Å². The van der Waals surface area contributed by atoms with Gasteiger partial charge in [0.15, 0.2) is 0 Å². The molecule has 0 saturated heterocycles. The molecular weight excluding hydrogens is 298 g/mol. The van der Waals surface area contributed by atoms with E-state index in [0.717, 1.165) is 26.9 Å². The normalized spacial score (nSPS) is 10.5. The highest BCUT2D eigenvalue weighted by Gasteiger charge is 2.16. The molecule has 0 aliphatic heterocycles. The minimum absolute atomic E-state index is 0.0657.